The zero-order chi connectivity index (χ0) is 11.3. The number of rotatable bonds is 5. The fourth-order valence-electron chi connectivity index (χ4n) is 1.03. The first-order valence-electron chi connectivity index (χ1n) is 4.57. The molecule has 0 atom stereocenters. The van der Waals surface area contributed by atoms with E-state index in [9.17, 15) is 4.79 Å². The molecule has 15 heavy (non-hydrogen) atoms. The number of nitrogens with zero attached hydrogens (tertiary/aromatic N) is 1. The largest absolute Gasteiger partial charge is 0.472 e. The molecule has 0 aliphatic heterocycles. The third-order valence-corrected chi connectivity index (χ3v) is 1.64. The van der Waals surface area contributed by atoms with Crippen LogP contribution >= 0.6 is 0 Å². The molecule has 0 aromatic carbocycles. The van der Waals surface area contributed by atoms with Crippen LogP contribution in [0.5, 0.6) is 5.88 Å². The number of carbonyl (C=O) groups is 1. The summed E-state index contributed by atoms with van der Waals surface area (Å²) in [5, 5.41) is 12.1. The van der Waals surface area contributed by atoms with Crippen molar-refractivity contribution in [1.82, 2.24) is 5.16 Å². The minimum atomic E-state index is -0.538. The molecule has 0 fully saturated rings. The van der Waals surface area contributed by atoms with Crippen LogP contribution in [0, 0.1) is 6.92 Å². The molecule has 0 saturated carbocycles. The highest BCUT2D eigenvalue weighted by Crippen LogP contribution is 2.21. The van der Waals surface area contributed by atoms with E-state index in [1.807, 2.05) is 0 Å². The van der Waals surface area contributed by atoms with Crippen LogP contribution in [0.4, 0.5) is 0 Å². The Morgan fingerprint density at radius 1 is 1.60 bits per heavy atom. The van der Waals surface area contributed by atoms with Crippen molar-refractivity contribution in [2.45, 2.75) is 13.8 Å². The monoisotopic (exact) mass is 215 g/mol. The van der Waals surface area contributed by atoms with Crippen LogP contribution in [-0.4, -0.2) is 36.1 Å². The molecule has 1 N–H and O–H groups in total. The van der Waals surface area contributed by atoms with E-state index >= 15 is 0 Å². The molecule has 0 amide bonds. The van der Waals surface area contributed by atoms with Crippen molar-refractivity contribution in [3.8, 4) is 5.88 Å². The molecule has 1 rings (SSSR count). The molecule has 6 heteroatoms. The maximum atomic E-state index is 11.4. The van der Waals surface area contributed by atoms with Crippen molar-refractivity contribution in [1.29, 1.82) is 0 Å². The number of hydrogen-bond acceptors (Lipinski definition) is 6. The molecular formula is C9H13NO5. The fraction of sp³-hybridized carbons (Fsp3) is 0.556. The smallest absolute Gasteiger partial charge is 0.347 e. The zero-order valence-electron chi connectivity index (χ0n) is 8.65. The third-order valence-electron chi connectivity index (χ3n) is 1.64. The van der Waals surface area contributed by atoms with Gasteiger partial charge in [0.1, 0.15) is 6.61 Å². The van der Waals surface area contributed by atoms with Gasteiger partial charge in [-0.15, -0.1) is 0 Å². The van der Waals surface area contributed by atoms with Gasteiger partial charge in [-0.25, -0.2) is 4.79 Å². The first-order chi connectivity index (χ1) is 7.20. The molecule has 0 bridgehead atoms. The first-order valence-corrected chi connectivity index (χ1v) is 4.57. The summed E-state index contributed by atoms with van der Waals surface area (Å²) in [6.07, 6.45) is 0. The lowest BCUT2D eigenvalue weighted by atomic mass is 10.2. The lowest BCUT2D eigenvalue weighted by molar-refractivity contribution is 0.0519. The summed E-state index contributed by atoms with van der Waals surface area (Å²) >= 11 is 0. The molecule has 0 unspecified atom stereocenters. The number of ether oxygens (including phenoxy) is 2. The summed E-state index contributed by atoms with van der Waals surface area (Å²) < 4.78 is 14.6. The minimum Gasteiger partial charge on any atom is -0.472 e. The highest BCUT2D eigenvalue weighted by atomic mass is 16.6. The highest BCUT2D eigenvalue weighted by Gasteiger charge is 2.22. The van der Waals surface area contributed by atoms with Gasteiger partial charge in [-0.2, -0.15) is 0 Å². The Morgan fingerprint density at radius 3 is 2.93 bits per heavy atom. The van der Waals surface area contributed by atoms with Gasteiger partial charge >= 0.3 is 5.97 Å². The van der Waals surface area contributed by atoms with E-state index in [-0.39, 0.29) is 31.3 Å². The number of aliphatic hydroxyl groups excluding tert-OH is 1. The quantitative estimate of drug-likeness (QED) is 0.721. The number of aliphatic hydroxyl groups is 1. The van der Waals surface area contributed by atoms with Gasteiger partial charge in [-0.1, -0.05) is 0 Å². The van der Waals surface area contributed by atoms with Crippen LogP contribution < -0.4 is 4.74 Å². The second-order valence-electron chi connectivity index (χ2n) is 2.71. The van der Waals surface area contributed by atoms with E-state index in [1.54, 1.807) is 13.8 Å². The normalized spacial score (nSPS) is 10.1. The molecule has 1 aromatic heterocycles. The Labute approximate surface area is 86.8 Å². The van der Waals surface area contributed by atoms with Crippen LogP contribution in [0.1, 0.15) is 23.0 Å². The predicted molar refractivity (Wildman–Crippen MR) is 49.8 cm³/mol. The number of aryl methyl sites for hydroxylation is 1. The SMILES string of the molecule is CCOC(=O)c1c(OCCO)noc1C. The fourth-order valence-corrected chi connectivity index (χ4v) is 1.03. The van der Waals surface area contributed by atoms with Crippen LogP contribution in [-0.2, 0) is 4.74 Å². The van der Waals surface area contributed by atoms with Crippen LogP contribution in [0.25, 0.3) is 0 Å². The van der Waals surface area contributed by atoms with Crippen molar-refractivity contribution in [2.75, 3.05) is 19.8 Å². The molecule has 0 radical (unpaired) electrons. The summed E-state index contributed by atoms with van der Waals surface area (Å²) in [4.78, 5) is 11.4. The third kappa shape index (κ3) is 2.69. The summed E-state index contributed by atoms with van der Waals surface area (Å²) in [6.45, 7) is 3.45. The molecule has 0 aliphatic carbocycles. The second-order valence-corrected chi connectivity index (χ2v) is 2.71. The minimum absolute atomic E-state index is 0.0539. The molecule has 0 saturated heterocycles. The molecule has 1 aromatic rings. The molecule has 0 spiro atoms. The summed E-state index contributed by atoms with van der Waals surface area (Å²) in [6, 6.07) is 0. The number of esters is 1. The standard InChI is InChI=1S/C9H13NO5/c1-3-13-9(12)7-6(2)15-10-8(7)14-5-4-11/h11H,3-5H2,1-2H3. The van der Waals surface area contributed by atoms with Crippen LogP contribution in [0.15, 0.2) is 4.52 Å². The average molecular weight is 215 g/mol. The topological polar surface area (TPSA) is 81.8 Å². The van der Waals surface area contributed by atoms with Gasteiger partial charge < -0.3 is 19.1 Å². The van der Waals surface area contributed by atoms with Crippen molar-refractivity contribution < 1.29 is 23.9 Å². The maximum Gasteiger partial charge on any atom is 0.347 e. The molecule has 0 aliphatic rings. The molecule has 1 heterocycles. The van der Waals surface area contributed by atoms with Crippen molar-refractivity contribution in [3.05, 3.63) is 11.3 Å². The Hall–Kier alpha value is -1.56. The lowest BCUT2D eigenvalue weighted by Crippen LogP contribution is -2.09. The number of hydrogen-bond donors (Lipinski definition) is 1. The predicted octanol–water partition coefficient (Wildman–Crippen LogP) is 0.531. The van der Waals surface area contributed by atoms with Crippen LogP contribution in [0.3, 0.4) is 0 Å². The molecule has 84 valence electrons. The van der Waals surface area contributed by atoms with Crippen LogP contribution in [0.2, 0.25) is 0 Å². The molecular weight excluding hydrogens is 202 g/mol. The maximum absolute atomic E-state index is 11.4. The zero-order valence-corrected chi connectivity index (χ0v) is 8.65. The van der Waals surface area contributed by atoms with Gasteiger partial charge in [0.05, 0.1) is 13.2 Å². The van der Waals surface area contributed by atoms with Crippen molar-refractivity contribution in [3.63, 3.8) is 0 Å². The van der Waals surface area contributed by atoms with E-state index in [2.05, 4.69) is 5.16 Å². The number of carbonyl (C=O) groups excluding carboxylic acids is 1. The van der Waals surface area contributed by atoms with E-state index < -0.39 is 5.97 Å². The lowest BCUT2D eigenvalue weighted by Gasteiger charge is -2.02. The van der Waals surface area contributed by atoms with Gasteiger partial charge in [0.15, 0.2) is 11.3 Å². The summed E-state index contributed by atoms with van der Waals surface area (Å²) in [7, 11) is 0. The Kier molecular flexibility index (Phi) is 4.11. The summed E-state index contributed by atoms with van der Waals surface area (Å²) in [5.74, 6) is -0.148. The van der Waals surface area contributed by atoms with Gasteiger partial charge in [0.2, 0.25) is 0 Å². The van der Waals surface area contributed by atoms with Gasteiger partial charge in [0, 0.05) is 0 Å². The van der Waals surface area contributed by atoms with E-state index in [0.29, 0.717) is 5.76 Å². The van der Waals surface area contributed by atoms with E-state index in [4.69, 9.17) is 19.1 Å². The van der Waals surface area contributed by atoms with E-state index in [0.717, 1.165) is 0 Å². The van der Waals surface area contributed by atoms with Crippen molar-refractivity contribution in [2.24, 2.45) is 0 Å². The van der Waals surface area contributed by atoms with E-state index in [1.165, 1.54) is 0 Å². The molecule has 6 nitrogen and oxygen atoms in total. The van der Waals surface area contributed by atoms with Gasteiger partial charge in [-0.3, -0.25) is 0 Å². The highest BCUT2D eigenvalue weighted by molar-refractivity contribution is 5.92. The Morgan fingerprint density at radius 2 is 2.33 bits per heavy atom. The van der Waals surface area contributed by atoms with Crippen molar-refractivity contribution >= 4 is 5.97 Å². The second kappa shape index (κ2) is 5.35. The van der Waals surface area contributed by atoms with Gasteiger partial charge in [0.25, 0.3) is 5.88 Å². The Bertz CT molecular complexity index is 333. The Balaban J connectivity index is 2.83. The summed E-state index contributed by atoms with van der Waals surface area (Å²) in [5.41, 5.74) is 0.172. The average Bonchev–Trinajstić information content (AvgIpc) is 2.57. The number of aromatic nitrogens is 1. The van der Waals surface area contributed by atoms with Gasteiger partial charge in [-0.05, 0) is 19.0 Å². The first kappa shape index (κ1) is 11.5.